The number of hydrazone groups is 1. The molecule has 0 aromatic heterocycles. The first-order chi connectivity index (χ1) is 11.7. The van der Waals surface area contributed by atoms with Gasteiger partial charge in [0.25, 0.3) is 5.91 Å². The van der Waals surface area contributed by atoms with Gasteiger partial charge < -0.3 is 5.32 Å². The maximum atomic E-state index is 12.5. The van der Waals surface area contributed by atoms with Gasteiger partial charge >= 0.3 is 0 Å². The first-order valence-electron chi connectivity index (χ1n) is 8.03. The highest BCUT2D eigenvalue weighted by Crippen LogP contribution is 2.21. The molecule has 0 radical (unpaired) electrons. The average molecular weight is 321 g/mol. The van der Waals surface area contributed by atoms with Gasteiger partial charge in [-0.15, -0.1) is 0 Å². The van der Waals surface area contributed by atoms with Gasteiger partial charge in [0, 0.05) is 18.5 Å². The first-order valence-corrected chi connectivity index (χ1v) is 8.03. The summed E-state index contributed by atoms with van der Waals surface area (Å²) in [5, 5.41) is 8.49. The van der Waals surface area contributed by atoms with Crippen LogP contribution in [0.1, 0.15) is 25.3 Å². The Kier molecular flexibility index (Phi) is 4.70. The van der Waals surface area contributed by atoms with Crippen molar-refractivity contribution in [1.82, 2.24) is 0 Å². The van der Waals surface area contributed by atoms with E-state index in [0.717, 1.165) is 17.7 Å². The number of carbonyl (C=O) groups excluding carboxylic acids is 2. The fourth-order valence-corrected chi connectivity index (χ4v) is 2.63. The molecule has 5 nitrogen and oxygen atoms in total. The fraction of sp³-hybridized carbons (Fsp3) is 0.211. The van der Waals surface area contributed by atoms with Crippen LogP contribution in [0.3, 0.4) is 0 Å². The predicted octanol–water partition coefficient (Wildman–Crippen LogP) is 3.37. The van der Waals surface area contributed by atoms with Gasteiger partial charge in [-0.2, -0.15) is 5.10 Å². The van der Waals surface area contributed by atoms with E-state index in [0.29, 0.717) is 17.8 Å². The van der Waals surface area contributed by atoms with Crippen molar-refractivity contribution in [2.75, 3.05) is 10.3 Å². The quantitative estimate of drug-likeness (QED) is 0.938. The lowest BCUT2D eigenvalue weighted by atomic mass is 10.1. The van der Waals surface area contributed by atoms with E-state index in [4.69, 9.17) is 0 Å². The summed E-state index contributed by atoms with van der Waals surface area (Å²) in [5.41, 5.74) is 2.89. The lowest BCUT2D eigenvalue weighted by molar-refractivity contribution is -0.118. The molecule has 122 valence electrons. The van der Waals surface area contributed by atoms with Crippen molar-refractivity contribution in [3.05, 3.63) is 60.2 Å². The van der Waals surface area contributed by atoms with Crippen molar-refractivity contribution in [2.45, 2.75) is 26.2 Å². The molecule has 0 spiro atoms. The van der Waals surface area contributed by atoms with Gasteiger partial charge in [-0.25, -0.2) is 5.01 Å². The molecule has 0 saturated heterocycles. The Bertz CT molecular complexity index is 784. The van der Waals surface area contributed by atoms with E-state index in [1.54, 1.807) is 12.1 Å². The zero-order chi connectivity index (χ0) is 16.9. The van der Waals surface area contributed by atoms with Crippen LogP contribution in [0, 0.1) is 0 Å². The summed E-state index contributed by atoms with van der Waals surface area (Å²) < 4.78 is 0. The smallest absolute Gasteiger partial charge is 0.271 e. The molecule has 0 unspecified atom stereocenters. The van der Waals surface area contributed by atoms with Crippen LogP contribution in [0.5, 0.6) is 0 Å². The fourth-order valence-electron chi connectivity index (χ4n) is 2.63. The standard InChI is InChI=1S/C19H19N3O2/c1-2-14-8-6-7-11-16(14)20-19(24)17-12-13-18(23)22(21-17)15-9-4-3-5-10-15/h3-11H,2,12-13H2,1H3,(H,20,24). The molecule has 0 saturated carbocycles. The van der Waals surface area contributed by atoms with Crippen LogP contribution in [0.15, 0.2) is 59.7 Å². The van der Waals surface area contributed by atoms with E-state index in [1.807, 2.05) is 49.4 Å². The largest absolute Gasteiger partial charge is 0.321 e. The molecule has 0 bridgehead atoms. The minimum Gasteiger partial charge on any atom is -0.321 e. The van der Waals surface area contributed by atoms with Gasteiger partial charge in [0.15, 0.2) is 0 Å². The molecule has 1 aliphatic heterocycles. The summed E-state index contributed by atoms with van der Waals surface area (Å²) in [6.07, 6.45) is 1.45. The van der Waals surface area contributed by atoms with Crippen molar-refractivity contribution in [2.24, 2.45) is 5.10 Å². The number of amides is 2. The predicted molar refractivity (Wildman–Crippen MR) is 95.0 cm³/mol. The Morgan fingerprint density at radius 2 is 1.79 bits per heavy atom. The minimum atomic E-state index is -0.260. The van der Waals surface area contributed by atoms with E-state index in [-0.39, 0.29) is 18.2 Å². The number of anilines is 2. The average Bonchev–Trinajstić information content (AvgIpc) is 2.63. The molecular weight excluding hydrogens is 302 g/mol. The number of nitrogens with one attached hydrogen (secondary N) is 1. The Balaban J connectivity index is 1.83. The second-order valence-electron chi connectivity index (χ2n) is 5.55. The Morgan fingerprint density at radius 3 is 2.54 bits per heavy atom. The third kappa shape index (κ3) is 3.35. The molecule has 0 atom stereocenters. The van der Waals surface area contributed by atoms with Gasteiger partial charge in [-0.1, -0.05) is 43.3 Å². The second kappa shape index (κ2) is 7.08. The van der Waals surface area contributed by atoms with Crippen molar-refractivity contribution in [3.63, 3.8) is 0 Å². The van der Waals surface area contributed by atoms with Crippen LogP contribution in [0.2, 0.25) is 0 Å². The van der Waals surface area contributed by atoms with Crippen LogP contribution in [0.4, 0.5) is 11.4 Å². The van der Waals surface area contributed by atoms with Crippen molar-refractivity contribution in [1.29, 1.82) is 0 Å². The van der Waals surface area contributed by atoms with Crippen LogP contribution >= 0.6 is 0 Å². The molecule has 2 aromatic carbocycles. The molecule has 24 heavy (non-hydrogen) atoms. The number of para-hydroxylation sites is 2. The van der Waals surface area contributed by atoms with Gasteiger partial charge in [0.1, 0.15) is 5.71 Å². The lowest BCUT2D eigenvalue weighted by Crippen LogP contribution is -2.36. The van der Waals surface area contributed by atoms with Gasteiger partial charge in [-0.3, -0.25) is 9.59 Å². The van der Waals surface area contributed by atoms with E-state index in [9.17, 15) is 9.59 Å². The lowest BCUT2D eigenvalue weighted by Gasteiger charge is -2.23. The second-order valence-corrected chi connectivity index (χ2v) is 5.55. The highest BCUT2D eigenvalue weighted by atomic mass is 16.2. The first kappa shape index (κ1) is 15.9. The van der Waals surface area contributed by atoms with Gasteiger partial charge in [-0.05, 0) is 30.2 Å². The minimum absolute atomic E-state index is 0.105. The Labute approximate surface area is 141 Å². The normalized spacial score (nSPS) is 14.3. The summed E-state index contributed by atoms with van der Waals surface area (Å²) in [5.74, 6) is -0.365. The zero-order valence-corrected chi connectivity index (χ0v) is 13.5. The molecule has 2 aromatic rings. The van der Waals surface area contributed by atoms with E-state index in [1.165, 1.54) is 5.01 Å². The van der Waals surface area contributed by atoms with Crippen LogP contribution in [0.25, 0.3) is 0 Å². The maximum Gasteiger partial charge on any atom is 0.271 e. The van der Waals surface area contributed by atoms with Crippen molar-refractivity contribution >= 4 is 28.9 Å². The molecule has 0 fully saturated rings. The monoisotopic (exact) mass is 321 g/mol. The highest BCUT2D eigenvalue weighted by molar-refractivity contribution is 6.44. The van der Waals surface area contributed by atoms with E-state index < -0.39 is 0 Å². The number of benzene rings is 2. The molecule has 1 heterocycles. The SMILES string of the molecule is CCc1ccccc1NC(=O)C1=NN(c2ccccc2)C(=O)CC1. The number of carbonyl (C=O) groups is 2. The van der Waals surface area contributed by atoms with Crippen molar-refractivity contribution < 1.29 is 9.59 Å². The summed E-state index contributed by atoms with van der Waals surface area (Å²) in [4.78, 5) is 24.6. The third-order valence-electron chi connectivity index (χ3n) is 3.94. The number of aryl methyl sites for hydroxylation is 1. The summed E-state index contributed by atoms with van der Waals surface area (Å²) in [6.45, 7) is 2.04. The van der Waals surface area contributed by atoms with Crippen LogP contribution in [-0.4, -0.2) is 17.5 Å². The van der Waals surface area contributed by atoms with E-state index in [2.05, 4.69) is 10.4 Å². The molecule has 1 N–H and O–H groups in total. The molecular formula is C19H19N3O2. The van der Waals surface area contributed by atoms with Gasteiger partial charge in [0.05, 0.1) is 5.69 Å². The number of hydrogen-bond donors (Lipinski definition) is 1. The Morgan fingerprint density at radius 1 is 1.08 bits per heavy atom. The summed E-state index contributed by atoms with van der Waals surface area (Å²) >= 11 is 0. The molecule has 1 aliphatic rings. The van der Waals surface area contributed by atoms with E-state index >= 15 is 0 Å². The van der Waals surface area contributed by atoms with Gasteiger partial charge in [0.2, 0.25) is 5.91 Å². The maximum absolute atomic E-state index is 12.5. The highest BCUT2D eigenvalue weighted by Gasteiger charge is 2.25. The molecule has 2 amide bonds. The van der Waals surface area contributed by atoms with Crippen LogP contribution in [-0.2, 0) is 16.0 Å². The molecule has 5 heteroatoms. The Hall–Kier alpha value is -2.95. The summed E-state index contributed by atoms with van der Waals surface area (Å²) in [6, 6.07) is 16.8. The van der Waals surface area contributed by atoms with Crippen LogP contribution < -0.4 is 10.3 Å². The summed E-state index contributed by atoms with van der Waals surface area (Å²) in [7, 11) is 0. The topological polar surface area (TPSA) is 61.8 Å². The number of nitrogens with zero attached hydrogens (tertiary/aromatic N) is 2. The zero-order valence-electron chi connectivity index (χ0n) is 13.5. The third-order valence-corrected chi connectivity index (χ3v) is 3.94. The molecule has 0 aliphatic carbocycles. The van der Waals surface area contributed by atoms with Crippen molar-refractivity contribution in [3.8, 4) is 0 Å². The molecule has 3 rings (SSSR count). The number of rotatable bonds is 4. The number of hydrogen-bond acceptors (Lipinski definition) is 3.